The number of aryl methyl sites for hydroxylation is 1. The minimum Gasteiger partial charge on any atom is -0.450 e. The average molecular weight is 333 g/mol. The maximum atomic E-state index is 12.1. The van der Waals surface area contributed by atoms with Crippen LogP contribution in [-0.4, -0.2) is 49.2 Å². The Hall–Kier alpha value is -2.24. The van der Waals surface area contributed by atoms with Crippen molar-refractivity contribution >= 4 is 17.7 Å². The smallest absolute Gasteiger partial charge is 0.409 e. The van der Waals surface area contributed by atoms with Crippen molar-refractivity contribution < 1.29 is 14.3 Å². The Bertz CT molecular complexity index is 554. The maximum absolute atomic E-state index is 12.1. The van der Waals surface area contributed by atoms with Gasteiger partial charge in [0.15, 0.2) is 0 Å². The quantitative estimate of drug-likeness (QED) is 0.839. The third kappa shape index (κ3) is 5.15. The summed E-state index contributed by atoms with van der Waals surface area (Å²) in [5, 5.41) is 6.24. The van der Waals surface area contributed by atoms with Crippen LogP contribution in [0.3, 0.4) is 0 Å². The Morgan fingerprint density at radius 3 is 2.58 bits per heavy atom. The number of rotatable bonds is 6. The van der Waals surface area contributed by atoms with Gasteiger partial charge in [-0.1, -0.05) is 25.1 Å². The van der Waals surface area contributed by atoms with Gasteiger partial charge in [0, 0.05) is 24.8 Å². The van der Waals surface area contributed by atoms with Crippen molar-refractivity contribution in [2.45, 2.75) is 39.2 Å². The molecule has 1 heterocycles. The molecule has 0 saturated carbocycles. The number of hydrogen-bond acceptors (Lipinski definition) is 4. The summed E-state index contributed by atoms with van der Waals surface area (Å²) in [4.78, 5) is 25.5. The zero-order chi connectivity index (χ0) is 17.4. The van der Waals surface area contributed by atoms with Gasteiger partial charge in [-0.2, -0.15) is 0 Å². The van der Waals surface area contributed by atoms with Crippen molar-refractivity contribution in [1.29, 1.82) is 0 Å². The number of carbonyl (C=O) groups is 2. The lowest BCUT2D eigenvalue weighted by Crippen LogP contribution is -2.47. The van der Waals surface area contributed by atoms with Crippen LogP contribution in [0.4, 0.5) is 10.5 Å². The molecule has 0 bridgehead atoms. The highest BCUT2D eigenvalue weighted by molar-refractivity contribution is 5.81. The number of para-hydroxylation sites is 1. The zero-order valence-corrected chi connectivity index (χ0v) is 14.5. The van der Waals surface area contributed by atoms with Crippen molar-refractivity contribution in [3.8, 4) is 0 Å². The number of ether oxygens (including phenoxy) is 1. The summed E-state index contributed by atoms with van der Waals surface area (Å²) in [5.41, 5.74) is 2.21. The SMILES string of the molecule is CCOC(=O)N1CCC(NC(=O)CNc2ccccc2CC)CC1. The van der Waals surface area contributed by atoms with Gasteiger partial charge >= 0.3 is 6.09 Å². The molecule has 0 aliphatic carbocycles. The lowest BCUT2D eigenvalue weighted by Gasteiger charge is -2.31. The van der Waals surface area contributed by atoms with Crippen molar-refractivity contribution in [2.75, 3.05) is 31.6 Å². The summed E-state index contributed by atoms with van der Waals surface area (Å²) in [5.74, 6) is -0.0181. The Labute approximate surface area is 143 Å². The van der Waals surface area contributed by atoms with Crippen molar-refractivity contribution in [3.05, 3.63) is 29.8 Å². The van der Waals surface area contributed by atoms with Gasteiger partial charge in [-0.05, 0) is 37.8 Å². The van der Waals surface area contributed by atoms with Crippen LogP contribution in [0.25, 0.3) is 0 Å². The van der Waals surface area contributed by atoms with Crippen LogP contribution >= 0.6 is 0 Å². The normalized spacial score (nSPS) is 15.0. The molecule has 1 saturated heterocycles. The fraction of sp³-hybridized carbons (Fsp3) is 0.556. The van der Waals surface area contributed by atoms with Crippen LogP contribution in [-0.2, 0) is 16.0 Å². The highest BCUT2D eigenvalue weighted by atomic mass is 16.6. The van der Waals surface area contributed by atoms with Crippen molar-refractivity contribution in [1.82, 2.24) is 10.2 Å². The molecule has 0 unspecified atom stereocenters. The second-order valence-electron chi connectivity index (χ2n) is 5.89. The van der Waals surface area contributed by atoms with E-state index in [9.17, 15) is 9.59 Å². The summed E-state index contributed by atoms with van der Waals surface area (Å²) in [6.45, 7) is 5.79. The van der Waals surface area contributed by atoms with Gasteiger partial charge in [0.1, 0.15) is 0 Å². The Morgan fingerprint density at radius 1 is 1.21 bits per heavy atom. The van der Waals surface area contributed by atoms with E-state index in [0.717, 1.165) is 24.9 Å². The van der Waals surface area contributed by atoms with E-state index in [1.54, 1.807) is 11.8 Å². The molecular weight excluding hydrogens is 306 g/mol. The molecule has 1 aliphatic heterocycles. The van der Waals surface area contributed by atoms with E-state index < -0.39 is 0 Å². The molecule has 1 fully saturated rings. The molecule has 0 spiro atoms. The van der Waals surface area contributed by atoms with Gasteiger partial charge in [-0.25, -0.2) is 4.79 Å². The van der Waals surface area contributed by atoms with E-state index in [4.69, 9.17) is 4.74 Å². The number of nitrogens with zero attached hydrogens (tertiary/aromatic N) is 1. The number of piperidine rings is 1. The molecular formula is C18H27N3O3. The second-order valence-corrected chi connectivity index (χ2v) is 5.89. The third-order valence-corrected chi connectivity index (χ3v) is 4.22. The molecule has 132 valence electrons. The molecule has 6 heteroatoms. The van der Waals surface area contributed by atoms with Crippen molar-refractivity contribution in [3.63, 3.8) is 0 Å². The molecule has 2 N–H and O–H groups in total. The molecule has 1 aliphatic rings. The van der Waals surface area contributed by atoms with Crippen LogP contribution < -0.4 is 10.6 Å². The first-order chi connectivity index (χ1) is 11.6. The second kappa shape index (κ2) is 9.15. The van der Waals surface area contributed by atoms with Gasteiger partial charge in [-0.3, -0.25) is 4.79 Å². The zero-order valence-electron chi connectivity index (χ0n) is 14.5. The van der Waals surface area contributed by atoms with Crippen LogP contribution in [0, 0.1) is 0 Å². The summed E-state index contributed by atoms with van der Waals surface area (Å²) in [6.07, 6.45) is 2.18. The van der Waals surface area contributed by atoms with Gasteiger partial charge in [0.05, 0.1) is 13.2 Å². The van der Waals surface area contributed by atoms with Gasteiger partial charge in [0.25, 0.3) is 0 Å². The molecule has 2 amide bonds. The Balaban J connectivity index is 1.73. The lowest BCUT2D eigenvalue weighted by atomic mass is 10.1. The fourth-order valence-corrected chi connectivity index (χ4v) is 2.88. The number of hydrogen-bond donors (Lipinski definition) is 2. The molecule has 6 nitrogen and oxygen atoms in total. The van der Waals surface area contributed by atoms with Gasteiger partial charge < -0.3 is 20.3 Å². The Morgan fingerprint density at radius 2 is 1.92 bits per heavy atom. The lowest BCUT2D eigenvalue weighted by molar-refractivity contribution is -0.120. The largest absolute Gasteiger partial charge is 0.450 e. The average Bonchev–Trinajstić information content (AvgIpc) is 2.61. The highest BCUT2D eigenvalue weighted by Gasteiger charge is 2.24. The van der Waals surface area contributed by atoms with E-state index in [-0.39, 0.29) is 24.6 Å². The fourth-order valence-electron chi connectivity index (χ4n) is 2.88. The van der Waals surface area contributed by atoms with E-state index in [1.807, 2.05) is 18.2 Å². The Kier molecular flexibility index (Phi) is 6.90. The monoisotopic (exact) mass is 333 g/mol. The minimum atomic E-state index is -0.264. The van der Waals surface area contributed by atoms with Crippen LogP contribution in [0.1, 0.15) is 32.3 Å². The summed E-state index contributed by atoms with van der Waals surface area (Å²) in [7, 11) is 0. The molecule has 1 aromatic carbocycles. The third-order valence-electron chi connectivity index (χ3n) is 4.22. The van der Waals surface area contributed by atoms with E-state index in [1.165, 1.54) is 5.56 Å². The number of carbonyl (C=O) groups excluding carboxylic acids is 2. The summed E-state index contributed by atoms with van der Waals surface area (Å²) < 4.78 is 5.00. The predicted octanol–water partition coefficient (Wildman–Crippen LogP) is 2.40. The topological polar surface area (TPSA) is 70.7 Å². The molecule has 2 rings (SSSR count). The van der Waals surface area contributed by atoms with E-state index in [2.05, 4.69) is 23.6 Å². The van der Waals surface area contributed by atoms with E-state index >= 15 is 0 Å². The van der Waals surface area contributed by atoms with Gasteiger partial charge in [-0.15, -0.1) is 0 Å². The van der Waals surface area contributed by atoms with Crippen LogP contribution in [0.5, 0.6) is 0 Å². The van der Waals surface area contributed by atoms with Crippen LogP contribution in [0.15, 0.2) is 24.3 Å². The maximum Gasteiger partial charge on any atom is 0.409 e. The highest BCUT2D eigenvalue weighted by Crippen LogP contribution is 2.15. The number of nitrogens with one attached hydrogen (secondary N) is 2. The van der Waals surface area contributed by atoms with Gasteiger partial charge in [0.2, 0.25) is 5.91 Å². The van der Waals surface area contributed by atoms with E-state index in [0.29, 0.717) is 19.7 Å². The number of likely N-dealkylation sites (tertiary alicyclic amines) is 1. The standard InChI is InChI=1S/C18H27N3O3/c1-3-14-7-5-6-8-16(14)19-13-17(22)20-15-9-11-21(12-10-15)18(23)24-4-2/h5-8,15,19H,3-4,9-13H2,1-2H3,(H,20,22). The molecule has 0 radical (unpaired) electrons. The first kappa shape index (κ1) is 18.1. The number of benzene rings is 1. The van der Waals surface area contributed by atoms with Crippen LogP contribution in [0.2, 0.25) is 0 Å². The first-order valence-corrected chi connectivity index (χ1v) is 8.66. The minimum absolute atomic E-state index is 0.0181. The molecule has 1 aromatic rings. The summed E-state index contributed by atoms with van der Waals surface area (Å²) in [6, 6.07) is 8.13. The first-order valence-electron chi connectivity index (χ1n) is 8.66. The molecule has 24 heavy (non-hydrogen) atoms. The summed E-state index contributed by atoms with van der Waals surface area (Å²) >= 11 is 0. The molecule has 0 aromatic heterocycles. The van der Waals surface area contributed by atoms with Crippen molar-refractivity contribution in [2.24, 2.45) is 0 Å². The number of anilines is 1. The predicted molar refractivity (Wildman–Crippen MR) is 94.1 cm³/mol. The molecule has 0 atom stereocenters. The number of amides is 2.